The minimum atomic E-state index is -3.47. The zero-order valence-electron chi connectivity index (χ0n) is 16.7. The highest BCUT2D eigenvalue weighted by Gasteiger charge is 2.13. The quantitative estimate of drug-likeness (QED) is 0.660. The highest BCUT2D eigenvalue weighted by molar-refractivity contribution is 7.92. The highest BCUT2D eigenvalue weighted by atomic mass is 32.2. The van der Waals surface area contributed by atoms with Crippen molar-refractivity contribution in [1.29, 1.82) is 0 Å². The van der Waals surface area contributed by atoms with Gasteiger partial charge in [0.1, 0.15) is 18.1 Å². The number of nitrogens with one attached hydrogen (secondary N) is 1. The first-order valence-electron chi connectivity index (χ1n) is 9.46. The van der Waals surface area contributed by atoms with E-state index in [1.54, 1.807) is 0 Å². The fourth-order valence-electron chi connectivity index (χ4n) is 2.86. The van der Waals surface area contributed by atoms with E-state index in [0.29, 0.717) is 11.4 Å². The van der Waals surface area contributed by atoms with E-state index in [1.165, 1.54) is 5.56 Å². The number of anilines is 2. The van der Waals surface area contributed by atoms with Crippen LogP contribution in [0.1, 0.15) is 31.9 Å². The Morgan fingerprint density at radius 1 is 1.00 bits per heavy atom. The summed E-state index contributed by atoms with van der Waals surface area (Å²) < 4.78 is 33.0. The Hall–Kier alpha value is -2.21. The van der Waals surface area contributed by atoms with Gasteiger partial charge in [-0.2, -0.15) is 0 Å². The van der Waals surface area contributed by atoms with E-state index < -0.39 is 10.0 Å². The van der Waals surface area contributed by atoms with Crippen molar-refractivity contribution < 1.29 is 13.2 Å². The number of ether oxygens (including phenoxy) is 1. The zero-order valence-corrected chi connectivity index (χ0v) is 17.5. The van der Waals surface area contributed by atoms with Crippen molar-refractivity contribution in [1.82, 2.24) is 0 Å². The van der Waals surface area contributed by atoms with Crippen LogP contribution in [-0.4, -0.2) is 33.9 Å². The molecule has 0 aliphatic heterocycles. The molecule has 2 rings (SSSR count). The minimum absolute atomic E-state index is 0.0975. The fraction of sp³-hybridized carbons (Fsp3) is 0.429. The Morgan fingerprint density at radius 3 is 2.22 bits per heavy atom. The predicted molar refractivity (Wildman–Crippen MR) is 113 cm³/mol. The number of nitrogens with zero attached hydrogens (tertiary/aromatic N) is 1. The van der Waals surface area contributed by atoms with Crippen LogP contribution in [0.3, 0.4) is 0 Å². The maximum atomic E-state index is 12.4. The minimum Gasteiger partial charge on any atom is -0.492 e. The summed E-state index contributed by atoms with van der Waals surface area (Å²) in [5.74, 6) is 0.585. The molecule has 5 nitrogen and oxygen atoms in total. The molecule has 0 fully saturated rings. The summed E-state index contributed by atoms with van der Waals surface area (Å²) in [6.45, 7) is 10.1. The largest absolute Gasteiger partial charge is 0.492 e. The van der Waals surface area contributed by atoms with Crippen molar-refractivity contribution in [2.24, 2.45) is 0 Å². The Morgan fingerprint density at radius 2 is 1.67 bits per heavy atom. The third kappa shape index (κ3) is 6.17. The van der Waals surface area contributed by atoms with Gasteiger partial charge in [0.25, 0.3) is 0 Å². The second-order valence-electron chi connectivity index (χ2n) is 6.44. The van der Waals surface area contributed by atoms with Gasteiger partial charge in [0.05, 0.1) is 5.69 Å². The van der Waals surface area contributed by atoms with Crippen LogP contribution in [-0.2, 0) is 16.4 Å². The zero-order chi connectivity index (χ0) is 19.9. The maximum absolute atomic E-state index is 12.4. The summed E-state index contributed by atoms with van der Waals surface area (Å²) in [5, 5.41) is 0. The average molecular weight is 391 g/mol. The van der Waals surface area contributed by atoms with Crippen LogP contribution in [0.25, 0.3) is 0 Å². The molecule has 6 heteroatoms. The first-order chi connectivity index (χ1) is 12.9. The van der Waals surface area contributed by atoms with Gasteiger partial charge in [-0.3, -0.25) is 4.72 Å². The van der Waals surface area contributed by atoms with E-state index in [2.05, 4.69) is 30.4 Å². The smallest absolute Gasteiger partial charge is 0.236 e. The van der Waals surface area contributed by atoms with Gasteiger partial charge in [0, 0.05) is 18.8 Å². The van der Waals surface area contributed by atoms with Crippen molar-refractivity contribution in [3.05, 3.63) is 53.6 Å². The van der Waals surface area contributed by atoms with Crippen LogP contribution in [0, 0.1) is 6.92 Å². The summed E-state index contributed by atoms with van der Waals surface area (Å²) in [6, 6.07) is 13.5. The van der Waals surface area contributed by atoms with E-state index in [9.17, 15) is 8.42 Å². The first kappa shape index (κ1) is 21.1. The van der Waals surface area contributed by atoms with Crippen molar-refractivity contribution in [3.63, 3.8) is 0 Å². The Balaban J connectivity index is 1.94. The Bertz CT molecular complexity index is 829. The maximum Gasteiger partial charge on any atom is 0.236 e. The molecule has 0 radical (unpaired) electrons. The third-order valence-corrected chi connectivity index (χ3v) is 5.79. The van der Waals surface area contributed by atoms with Crippen LogP contribution in [0.2, 0.25) is 0 Å². The summed E-state index contributed by atoms with van der Waals surface area (Å²) in [6.07, 6.45) is 0.963. The number of aryl methyl sites for hydroxylation is 2. The monoisotopic (exact) mass is 390 g/mol. The lowest BCUT2D eigenvalue weighted by molar-refractivity contribution is 0.341. The summed E-state index contributed by atoms with van der Waals surface area (Å²) in [7, 11) is -3.47. The summed E-state index contributed by atoms with van der Waals surface area (Å²) in [4.78, 5) is 2.23. The van der Waals surface area contributed by atoms with Crippen LogP contribution >= 0.6 is 0 Å². The molecule has 0 atom stereocenters. The molecule has 2 aromatic rings. The first-order valence-corrected chi connectivity index (χ1v) is 11.1. The molecule has 0 saturated heterocycles. The van der Waals surface area contributed by atoms with Crippen LogP contribution in [0.15, 0.2) is 42.5 Å². The molecule has 27 heavy (non-hydrogen) atoms. The second-order valence-corrected chi connectivity index (χ2v) is 8.28. The summed E-state index contributed by atoms with van der Waals surface area (Å²) >= 11 is 0. The molecule has 2 aromatic carbocycles. The van der Waals surface area contributed by atoms with Gasteiger partial charge in [-0.05, 0) is 68.7 Å². The van der Waals surface area contributed by atoms with E-state index in [1.807, 2.05) is 49.4 Å². The molecular weight excluding hydrogens is 360 g/mol. The SMILES string of the molecule is CCc1ccc(OCCS(=O)(=O)Nc2ccc(N(CC)CC)cc2C)cc1. The Kier molecular flexibility index (Phi) is 7.54. The molecule has 0 aromatic heterocycles. The number of hydrogen-bond donors (Lipinski definition) is 1. The lowest BCUT2D eigenvalue weighted by Crippen LogP contribution is -2.23. The van der Waals surface area contributed by atoms with Crippen LogP contribution in [0.4, 0.5) is 11.4 Å². The summed E-state index contributed by atoms with van der Waals surface area (Å²) in [5.41, 5.74) is 3.83. The number of sulfonamides is 1. The van der Waals surface area contributed by atoms with Crippen molar-refractivity contribution in [2.45, 2.75) is 34.1 Å². The number of benzene rings is 2. The van der Waals surface area contributed by atoms with Gasteiger partial charge in [-0.1, -0.05) is 19.1 Å². The van der Waals surface area contributed by atoms with E-state index in [4.69, 9.17) is 4.74 Å². The lowest BCUT2D eigenvalue weighted by atomic mass is 10.1. The average Bonchev–Trinajstić information content (AvgIpc) is 2.65. The topological polar surface area (TPSA) is 58.6 Å². The number of rotatable bonds is 10. The molecule has 0 bridgehead atoms. The normalized spacial score (nSPS) is 11.3. The number of hydrogen-bond acceptors (Lipinski definition) is 4. The van der Waals surface area contributed by atoms with Crippen LogP contribution < -0.4 is 14.4 Å². The molecule has 0 unspecified atom stereocenters. The van der Waals surface area contributed by atoms with Gasteiger partial charge in [0.2, 0.25) is 10.0 Å². The predicted octanol–water partition coefficient (Wildman–Crippen LogP) is 4.22. The molecule has 0 spiro atoms. The highest BCUT2D eigenvalue weighted by Crippen LogP contribution is 2.23. The fourth-order valence-corrected chi connectivity index (χ4v) is 3.83. The molecule has 0 aliphatic rings. The van der Waals surface area contributed by atoms with Gasteiger partial charge in [-0.25, -0.2) is 8.42 Å². The molecule has 0 amide bonds. The molecular formula is C21H30N2O3S. The standard InChI is InChI=1S/C21H30N2O3S/c1-5-18-8-11-20(12-9-18)26-14-15-27(24,25)22-21-13-10-19(16-17(21)4)23(6-2)7-3/h8-13,16,22H,5-7,14-15H2,1-4H3. The Labute approximate surface area is 163 Å². The van der Waals surface area contributed by atoms with Gasteiger partial charge < -0.3 is 9.64 Å². The van der Waals surface area contributed by atoms with E-state index in [-0.39, 0.29) is 12.4 Å². The molecule has 148 valence electrons. The van der Waals surface area contributed by atoms with Crippen LogP contribution in [0.5, 0.6) is 5.75 Å². The second kappa shape index (κ2) is 9.65. The molecule has 0 saturated carbocycles. The van der Waals surface area contributed by atoms with Crippen molar-refractivity contribution in [2.75, 3.05) is 35.1 Å². The lowest BCUT2D eigenvalue weighted by Gasteiger charge is -2.22. The van der Waals surface area contributed by atoms with E-state index in [0.717, 1.165) is 30.8 Å². The third-order valence-electron chi connectivity index (χ3n) is 4.56. The molecule has 0 aliphatic carbocycles. The van der Waals surface area contributed by atoms with Gasteiger partial charge >= 0.3 is 0 Å². The van der Waals surface area contributed by atoms with Crippen molar-refractivity contribution >= 4 is 21.4 Å². The van der Waals surface area contributed by atoms with Gasteiger partial charge in [0.15, 0.2) is 0 Å². The van der Waals surface area contributed by atoms with Crippen molar-refractivity contribution in [3.8, 4) is 5.75 Å². The van der Waals surface area contributed by atoms with Gasteiger partial charge in [-0.15, -0.1) is 0 Å². The van der Waals surface area contributed by atoms with E-state index >= 15 is 0 Å². The molecule has 0 heterocycles. The molecule has 1 N–H and O–H groups in total.